The Hall–Kier alpha value is -0.940. The molecule has 17 heavy (non-hydrogen) atoms. The molecule has 0 spiro atoms. The van der Waals surface area contributed by atoms with Crippen molar-refractivity contribution in [3.05, 3.63) is 35.9 Å². The van der Waals surface area contributed by atoms with Gasteiger partial charge in [-0.25, -0.2) is 0 Å². The second-order valence-electron chi connectivity index (χ2n) is 4.14. The minimum Gasteiger partial charge on any atom is -0.390 e. The van der Waals surface area contributed by atoms with Gasteiger partial charge in [0.2, 0.25) is 0 Å². The molecule has 0 radical (unpaired) electrons. The average Bonchev–Trinajstić information content (AvgIpc) is 2.38. The summed E-state index contributed by atoms with van der Waals surface area (Å²) in [5.74, 6) is 0. The predicted molar refractivity (Wildman–Crippen MR) is 62.4 cm³/mol. The van der Waals surface area contributed by atoms with Crippen LogP contribution in [0.3, 0.4) is 0 Å². The lowest BCUT2D eigenvalue weighted by Crippen LogP contribution is -2.43. The highest BCUT2D eigenvalue weighted by Crippen LogP contribution is 2.18. The number of aliphatic hydroxyl groups is 1. The van der Waals surface area contributed by atoms with Crippen molar-refractivity contribution in [1.29, 1.82) is 0 Å². The summed E-state index contributed by atoms with van der Waals surface area (Å²) < 4.78 is 16.1. The zero-order valence-electron chi connectivity index (χ0n) is 9.91. The molecule has 1 aliphatic rings. The number of rotatable bonds is 4. The van der Waals surface area contributed by atoms with Crippen molar-refractivity contribution in [3.8, 4) is 0 Å². The quantitative estimate of drug-likeness (QED) is 0.859. The first-order chi connectivity index (χ1) is 8.29. The summed E-state index contributed by atoms with van der Waals surface area (Å²) in [6, 6.07) is 9.88. The monoisotopic (exact) mass is 238 g/mol. The van der Waals surface area contributed by atoms with Crippen LogP contribution in [0.5, 0.6) is 0 Å². The maximum Gasteiger partial charge on any atom is 0.159 e. The van der Waals surface area contributed by atoms with Gasteiger partial charge in [-0.1, -0.05) is 30.3 Å². The van der Waals surface area contributed by atoms with E-state index in [2.05, 4.69) is 0 Å². The molecule has 1 heterocycles. The fourth-order valence-electron chi connectivity index (χ4n) is 1.83. The van der Waals surface area contributed by atoms with Crippen LogP contribution < -0.4 is 0 Å². The molecule has 4 nitrogen and oxygen atoms in total. The highest BCUT2D eigenvalue weighted by molar-refractivity contribution is 5.13. The smallest absolute Gasteiger partial charge is 0.159 e. The number of ether oxygens (including phenoxy) is 3. The second kappa shape index (κ2) is 6.12. The number of aliphatic hydroxyl groups excluding tert-OH is 1. The van der Waals surface area contributed by atoms with Gasteiger partial charge in [0, 0.05) is 13.5 Å². The van der Waals surface area contributed by atoms with Crippen molar-refractivity contribution in [2.24, 2.45) is 0 Å². The van der Waals surface area contributed by atoms with Gasteiger partial charge in [0.05, 0.1) is 19.3 Å². The van der Waals surface area contributed by atoms with Crippen LogP contribution in [0.4, 0.5) is 0 Å². The fraction of sp³-hybridized carbons (Fsp3) is 0.538. The lowest BCUT2D eigenvalue weighted by molar-refractivity contribution is -0.218. The average molecular weight is 238 g/mol. The minimum atomic E-state index is -0.530. The van der Waals surface area contributed by atoms with Gasteiger partial charge in [-0.2, -0.15) is 0 Å². The van der Waals surface area contributed by atoms with Gasteiger partial charge in [-0.15, -0.1) is 0 Å². The molecule has 3 atom stereocenters. The Bertz CT molecular complexity index is 327. The third-order valence-corrected chi connectivity index (χ3v) is 2.88. The minimum absolute atomic E-state index is 0.276. The highest BCUT2D eigenvalue weighted by atomic mass is 16.7. The molecule has 0 aliphatic carbocycles. The van der Waals surface area contributed by atoms with Crippen LogP contribution >= 0.6 is 0 Å². The van der Waals surface area contributed by atoms with Gasteiger partial charge in [0.1, 0.15) is 6.10 Å². The van der Waals surface area contributed by atoms with Crippen LogP contribution in [0.15, 0.2) is 30.3 Å². The van der Waals surface area contributed by atoms with Gasteiger partial charge in [0.15, 0.2) is 6.29 Å². The highest BCUT2D eigenvalue weighted by Gasteiger charge is 2.30. The Morgan fingerprint density at radius 1 is 1.35 bits per heavy atom. The van der Waals surface area contributed by atoms with Crippen molar-refractivity contribution in [2.75, 3.05) is 13.7 Å². The summed E-state index contributed by atoms with van der Waals surface area (Å²) in [4.78, 5) is 0. The summed E-state index contributed by atoms with van der Waals surface area (Å²) in [6.45, 7) is 0.857. The molecule has 0 amide bonds. The van der Waals surface area contributed by atoms with E-state index >= 15 is 0 Å². The number of hydrogen-bond acceptors (Lipinski definition) is 4. The van der Waals surface area contributed by atoms with Gasteiger partial charge < -0.3 is 19.3 Å². The number of hydrogen-bond donors (Lipinski definition) is 1. The summed E-state index contributed by atoms with van der Waals surface area (Å²) in [5.41, 5.74) is 1.09. The van der Waals surface area contributed by atoms with Crippen molar-refractivity contribution >= 4 is 0 Å². The summed E-state index contributed by atoms with van der Waals surface area (Å²) in [5, 5.41) is 9.86. The summed E-state index contributed by atoms with van der Waals surface area (Å²) >= 11 is 0. The molecule has 1 N–H and O–H groups in total. The molecular formula is C13H18O4. The Balaban J connectivity index is 1.80. The first kappa shape index (κ1) is 12.5. The van der Waals surface area contributed by atoms with E-state index in [1.165, 1.54) is 0 Å². The van der Waals surface area contributed by atoms with Gasteiger partial charge in [-0.05, 0) is 5.56 Å². The Morgan fingerprint density at radius 2 is 2.12 bits per heavy atom. The van der Waals surface area contributed by atoms with Crippen LogP contribution in [0.2, 0.25) is 0 Å². The second-order valence-corrected chi connectivity index (χ2v) is 4.14. The standard InChI is InChI=1S/C13H18O4/c1-15-13-7-11(14)12(9-17-13)16-8-10-5-3-2-4-6-10/h2-6,11-14H,7-9H2,1H3/t11-,12+,13+/m0/s1. The largest absolute Gasteiger partial charge is 0.390 e. The molecule has 94 valence electrons. The third kappa shape index (κ3) is 3.51. The molecule has 1 aliphatic heterocycles. The molecule has 0 saturated carbocycles. The van der Waals surface area contributed by atoms with Crippen molar-refractivity contribution in [3.63, 3.8) is 0 Å². The lowest BCUT2D eigenvalue weighted by Gasteiger charge is -2.32. The van der Waals surface area contributed by atoms with Gasteiger partial charge in [-0.3, -0.25) is 0 Å². The molecule has 1 fully saturated rings. The number of benzene rings is 1. The summed E-state index contributed by atoms with van der Waals surface area (Å²) in [7, 11) is 1.57. The van der Waals surface area contributed by atoms with Crippen molar-refractivity contribution < 1.29 is 19.3 Å². The molecule has 1 aromatic rings. The topological polar surface area (TPSA) is 47.9 Å². The third-order valence-electron chi connectivity index (χ3n) is 2.88. The van der Waals surface area contributed by atoms with E-state index in [0.29, 0.717) is 19.6 Å². The van der Waals surface area contributed by atoms with Crippen molar-refractivity contribution in [2.45, 2.75) is 31.5 Å². The maximum atomic E-state index is 9.86. The van der Waals surface area contributed by atoms with E-state index in [1.807, 2.05) is 30.3 Å². The Labute approximate surface area is 101 Å². The molecule has 0 bridgehead atoms. The molecule has 4 heteroatoms. The van der Waals surface area contributed by atoms with Crippen LogP contribution in [-0.4, -0.2) is 37.3 Å². The molecule has 0 aromatic heterocycles. The molecule has 1 saturated heterocycles. The molecule has 2 rings (SSSR count). The zero-order chi connectivity index (χ0) is 12.1. The SMILES string of the molecule is CO[C@H]1C[C@H](O)[C@H](OCc2ccccc2)CO1. The Kier molecular flexibility index (Phi) is 4.50. The number of methoxy groups -OCH3 is 1. The van der Waals surface area contributed by atoms with Crippen molar-refractivity contribution in [1.82, 2.24) is 0 Å². The molecule has 1 aromatic carbocycles. The Morgan fingerprint density at radius 3 is 2.76 bits per heavy atom. The van der Waals surface area contributed by atoms with Gasteiger partial charge in [0.25, 0.3) is 0 Å². The van der Waals surface area contributed by atoms with E-state index in [4.69, 9.17) is 14.2 Å². The van der Waals surface area contributed by atoms with E-state index < -0.39 is 6.10 Å². The van der Waals surface area contributed by atoms with Crippen LogP contribution in [0.25, 0.3) is 0 Å². The molecule has 0 unspecified atom stereocenters. The fourth-order valence-corrected chi connectivity index (χ4v) is 1.83. The van der Waals surface area contributed by atoms with Gasteiger partial charge >= 0.3 is 0 Å². The van der Waals surface area contributed by atoms with E-state index in [-0.39, 0.29) is 12.4 Å². The van der Waals surface area contributed by atoms with E-state index in [9.17, 15) is 5.11 Å². The van der Waals surface area contributed by atoms with Crippen LogP contribution in [-0.2, 0) is 20.8 Å². The zero-order valence-corrected chi connectivity index (χ0v) is 9.91. The van der Waals surface area contributed by atoms with E-state index in [1.54, 1.807) is 7.11 Å². The van der Waals surface area contributed by atoms with Crippen LogP contribution in [0, 0.1) is 0 Å². The normalized spacial score (nSPS) is 29.2. The predicted octanol–water partition coefficient (Wildman–Crippen LogP) is 1.33. The first-order valence-electron chi connectivity index (χ1n) is 5.77. The summed E-state index contributed by atoms with van der Waals surface area (Å²) in [6.07, 6.45) is -0.670. The van der Waals surface area contributed by atoms with Crippen LogP contribution in [0.1, 0.15) is 12.0 Å². The maximum absolute atomic E-state index is 9.86. The lowest BCUT2D eigenvalue weighted by atomic mass is 10.1. The molecular weight excluding hydrogens is 220 g/mol. The first-order valence-corrected chi connectivity index (χ1v) is 5.77. The van der Waals surface area contributed by atoms with E-state index in [0.717, 1.165) is 5.56 Å².